The summed E-state index contributed by atoms with van der Waals surface area (Å²) in [5.41, 5.74) is 4.26. The zero-order valence-electron chi connectivity index (χ0n) is 16.6. The highest BCUT2D eigenvalue weighted by molar-refractivity contribution is 5.90. The highest BCUT2D eigenvalue weighted by Crippen LogP contribution is 2.23. The molecule has 28 heavy (non-hydrogen) atoms. The topological polar surface area (TPSA) is 74.4 Å². The van der Waals surface area contributed by atoms with E-state index in [1.807, 2.05) is 51.1 Å². The van der Waals surface area contributed by atoms with Crippen molar-refractivity contribution in [1.29, 1.82) is 0 Å². The van der Waals surface area contributed by atoms with Gasteiger partial charge >= 0.3 is 6.03 Å². The number of nitrogens with zero attached hydrogens (tertiary/aromatic N) is 1. The lowest BCUT2D eigenvalue weighted by Crippen LogP contribution is -2.34. The van der Waals surface area contributed by atoms with E-state index < -0.39 is 0 Å². The van der Waals surface area contributed by atoms with E-state index in [0.29, 0.717) is 24.5 Å². The summed E-state index contributed by atoms with van der Waals surface area (Å²) in [6.07, 6.45) is 0. The Morgan fingerprint density at radius 2 is 1.96 bits per heavy atom. The van der Waals surface area contributed by atoms with Gasteiger partial charge in [0.2, 0.25) is 5.56 Å². The number of urea groups is 1. The van der Waals surface area contributed by atoms with E-state index in [-0.39, 0.29) is 11.6 Å². The van der Waals surface area contributed by atoms with Gasteiger partial charge in [-0.15, -0.1) is 0 Å². The molecule has 3 aromatic rings. The third-order valence-corrected chi connectivity index (χ3v) is 4.73. The predicted molar refractivity (Wildman–Crippen MR) is 112 cm³/mol. The van der Waals surface area contributed by atoms with Gasteiger partial charge in [-0.1, -0.05) is 17.7 Å². The molecule has 0 aliphatic carbocycles. The third-order valence-electron chi connectivity index (χ3n) is 4.73. The molecule has 2 N–H and O–H groups in total. The van der Waals surface area contributed by atoms with Crippen LogP contribution in [0.25, 0.3) is 10.9 Å². The number of H-pyrrole nitrogens is 1. The molecule has 0 spiro atoms. The lowest BCUT2D eigenvalue weighted by molar-refractivity contribution is 0.212. The molecule has 1 aromatic heterocycles. The minimum atomic E-state index is -0.228. The van der Waals surface area contributed by atoms with Crippen LogP contribution in [0.5, 0.6) is 5.75 Å². The number of hydrogen-bond donors (Lipinski definition) is 2. The maximum absolute atomic E-state index is 12.8. The molecule has 0 unspecified atom stereocenters. The summed E-state index contributed by atoms with van der Waals surface area (Å²) in [7, 11) is 1.58. The van der Waals surface area contributed by atoms with Crippen LogP contribution < -0.4 is 15.6 Å². The normalized spacial score (nSPS) is 10.7. The van der Waals surface area contributed by atoms with Crippen LogP contribution in [0.2, 0.25) is 0 Å². The van der Waals surface area contributed by atoms with Gasteiger partial charge in [-0.3, -0.25) is 4.79 Å². The molecule has 0 saturated carbocycles. The van der Waals surface area contributed by atoms with E-state index in [1.54, 1.807) is 24.1 Å². The maximum atomic E-state index is 12.8. The van der Waals surface area contributed by atoms with Crippen molar-refractivity contribution in [3.8, 4) is 5.75 Å². The molecule has 3 rings (SSSR count). The van der Waals surface area contributed by atoms with Crippen LogP contribution in [-0.4, -0.2) is 29.6 Å². The molecule has 0 fully saturated rings. The van der Waals surface area contributed by atoms with Crippen LogP contribution in [0.4, 0.5) is 10.5 Å². The summed E-state index contributed by atoms with van der Waals surface area (Å²) in [4.78, 5) is 29.5. The molecule has 0 saturated heterocycles. The molecule has 2 amide bonds. The Morgan fingerprint density at radius 3 is 2.68 bits per heavy atom. The number of anilines is 1. The van der Waals surface area contributed by atoms with Gasteiger partial charge in [0.25, 0.3) is 0 Å². The van der Waals surface area contributed by atoms with Crippen LogP contribution in [0.15, 0.2) is 47.3 Å². The smallest absolute Gasteiger partial charge is 0.322 e. The number of hydrogen-bond acceptors (Lipinski definition) is 3. The molecule has 146 valence electrons. The van der Waals surface area contributed by atoms with Gasteiger partial charge < -0.3 is 19.9 Å². The zero-order chi connectivity index (χ0) is 20.3. The first kappa shape index (κ1) is 19.5. The fourth-order valence-electron chi connectivity index (χ4n) is 3.35. The van der Waals surface area contributed by atoms with E-state index in [4.69, 9.17) is 4.74 Å². The summed E-state index contributed by atoms with van der Waals surface area (Å²) in [6.45, 7) is 6.76. The van der Waals surface area contributed by atoms with Gasteiger partial charge in [-0.25, -0.2) is 4.79 Å². The van der Waals surface area contributed by atoms with E-state index in [0.717, 1.165) is 27.6 Å². The average molecular weight is 379 g/mol. The molecule has 0 aliphatic heterocycles. The Kier molecular flexibility index (Phi) is 5.68. The molecule has 0 radical (unpaired) electrons. The number of aromatic amines is 1. The highest BCUT2D eigenvalue weighted by atomic mass is 16.5. The summed E-state index contributed by atoms with van der Waals surface area (Å²) in [5.74, 6) is 0.674. The number of nitrogens with one attached hydrogen (secondary N) is 2. The van der Waals surface area contributed by atoms with E-state index in [2.05, 4.69) is 10.3 Å². The zero-order valence-corrected chi connectivity index (χ0v) is 16.6. The fraction of sp³-hybridized carbons (Fsp3) is 0.273. The molecule has 0 aliphatic rings. The standard InChI is InChI=1S/C22H25N3O3/c1-5-25(22(27)23-17-7-6-8-18(12-17)28-4)13-16-11-20(26)24-21-15(3)9-14(2)10-19(16)21/h6-12H,5,13H2,1-4H3,(H,23,27)(H,24,26). The van der Waals surface area contributed by atoms with Crippen molar-refractivity contribution in [2.45, 2.75) is 27.3 Å². The van der Waals surface area contributed by atoms with Crippen molar-refractivity contribution >= 4 is 22.6 Å². The second kappa shape index (κ2) is 8.17. The van der Waals surface area contributed by atoms with Gasteiger partial charge in [0.1, 0.15) is 5.75 Å². The lowest BCUT2D eigenvalue weighted by atomic mass is 10.0. The molecular formula is C22H25N3O3. The molecule has 0 bridgehead atoms. The maximum Gasteiger partial charge on any atom is 0.322 e. The number of pyridine rings is 1. The minimum absolute atomic E-state index is 0.168. The van der Waals surface area contributed by atoms with E-state index >= 15 is 0 Å². The number of methoxy groups -OCH3 is 1. The van der Waals surface area contributed by atoms with Crippen molar-refractivity contribution in [2.24, 2.45) is 0 Å². The molecule has 6 heteroatoms. The molecule has 6 nitrogen and oxygen atoms in total. The Labute approximate surface area is 164 Å². The number of fused-ring (bicyclic) bond motifs is 1. The summed E-state index contributed by atoms with van der Waals surface area (Å²) in [6, 6.07) is 12.6. The second-order valence-electron chi connectivity index (χ2n) is 6.84. The molecule has 2 aromatic carbocycles. The largest absolute Gasteiger partial charge is 0.497 e. The van der Waals surface area contributed by atoms with Crippen LogP contribution in [-0.2, 0) is 6.54 Å². The minimum Gasteiger partial charge on any atom is -0.497 e. The van der Waals surface area contributed by atoms with Crippen molar-refractivity contribution in [3.05, 3.63) is 69.5 Å². The number of rotatable bonds is 5. The quantitative estimate of drug-likeness (QED) is 0.697. The lowest BCUT2D eigenvalue weighted by Gasteiger charge is -2.22. The summed E-state index contributed by atoms with van der Waals surface area (Å²) >= 11 is 0. The monoisotopic (exact) mass is 379 g/mol. The van der Waals surface area contributed by atoms with Crippen LogP contribution in [0.3, 0.4) is 0 Å². The summed E-state index contributed by atoms with van der Waals surface area (Å²) < 4.78 is 5.20. The Balaban J connectivity index is 1.90. The number of aryl methyl sites for hydroxylation is 2. The Morgan fingerprint density at radius 1 is 1.18 bits per heavy atom. The van der Waals surface area contributed by atoms with Gasteiger partial charge in [-0.05, 0) is 50.1 Å². The Bertz CT molecular complexity index is 1070. The first-order chi connectivity index (χ1) is 13.4. The average Bonchev–Trinajstić information content (AvgIpc) is 2.66. The molecule has 1 heterocycles. The molecule has 0 atom stereocenters. The summed E-state index contributed by atoms with van der Waals surface area (Å²) in [5, 5.41) is 3.86. The van der Waals surface area contributed by atoms with Gasteiger partial charge in [0, 0.05) is 36.3 Å². The number of benzene rings is 2. The first-order valence-corrected chi connectivity index (χ1v) is 9.24. The van der Waals surface area contributed by atoms with Crippen molar-refractivity contribution in [2.75, 3.05) is 19.0 Å². The highest BCUT2D eigenvalue weighted by Gasteiger charge is 2.15. The van der Waals surface area contributed by atoms with E-state index in [1.165, 1.54) is 0 Å². The third kappa shape index (κ3) is 4.17. The van der Waals surface area contributed by atoms with Crippen molar-refractivity contribution in [1.82, 2.24) is 9.88 Å². The van der Waals surface area contributed by atoms with Crippen molar-refractivity contribution in [3.63, 3.8) is 0 Å². The SMILES string of the molecule is CCN(Cc1cc(=O)[nH]c2c(C)cc(C)cc12)C(=O)Nc1cccc(OC)c1. The number of amides is 2. The second-order valence-corrected chi connectivity index (χ2v) is 6.84. The van der Waals surface area contributed by atoms with Crippen LogP contribution >= 0.6 is 0 Å². The van der Waals surface area contributed by atoms with Gasteiger partial charge in [0.05, 0.1) is 12.6 Å². The van der Waals surface area contributed by atoms with Crippen LogP contribution in [0.1, 0.15) is 23.6 Å². The number of carbonyl (C=O) groups excluding carboxylic acids is 1. The van der Waals surface area contributed by atoms with Gasteiger partial charge in [-0.2, -0.15) is 0 Å². The number of ether oxygens (including phenoxy) is 1. The van der Waals surface area contributed by atoms with Crippen molar-refractivity contribution < 1.29 is 9.53 Å². The fourth-order valence-corrected chi connectivity index (χ4v) is 3.35. The van der Waals surface area contributed by atoms with Crippen LogP contribution in [0, 0.1) is 13.8 Å². The first-order valence-electron chi connectivity index (χ1n) is 9.24. The Hall–Kier alpha value is -3.28. The molecular weight excluding hydrogens is 354 g/mol. The predicted octanol–water partition coefficient (Wildman–Crippen LogP) is 4.21. The van der Waals surface area contributed by atoms with E-state index in [9.17, 15) is 9.59 Å². The number of aromatic nitrogens is 1. The number of carbonyl (C=O) groups is 1. The van der Waals surface area contributed by atoms with Gasteiger partial charge in [0.15, 0.2) is 0 Å².